The molecule has 2 N–H and O–H groups in total. The van der Waals surface area contributed by atoms with Gasteiger partial charge >= 0.3 is 0 Å². The normalized spacial score (nSPS) is 17.9. The number of anilines is 2. The molecule has 1 aliphatic rings. The fourth-order valence-electron chi connectivity index (χ4n) is 2.41. The van der Waals surface area contributed by atoms with Gasteiger partial charge in [-0.25, -0.2) is 9.97 Å². The molecule has 0 radical (unpaired) electrons. The van der Waals surface area contributed by atoms with Crippen LogP contribution in [0.1, 0.15) is 25.6 Å². The Balaban J connectivity index is 2.12. The van der Waals surface area contributed by atoms with Crippen molar-refractivity contribution in [3.05, 3.63) is 11.9 Å². The van der Waals surface area contributed by atoms with Crippen molar-refractivity contribution in [3.63, 3.8) is 0 Å². The molecule has 100 valence electrons. The van der Waals surface area contributed by atoms with Crippen LogP contribution >= 0.6 is 0 Å². The van der Waals surface area contributed by atoms with E-state index in [-0.39, 0.29) is 0 Å². The minimum atomic E-state index is 0.556. The third-order valence-electron chi connectivity index (χ3n) is 3.69. The average molecular weight is 249 g/mol. The quantitative estimate of drug-likeness (QED) is 0.871. The van der Waals surface area contributed by atoms with Crippen molar-refractivity contribution in [3.8, 4) is 0 Å². The fourth-order valence-corrected chi connectivity index (χ4v) is 2.41. The topological polar surface area (TPSA) is 58.3 Å². The Morgan fingerprint density at radius 1 is 1.39 bits per heavy atom. The second kappa shape index (κ2) is 5.52. The van der Waals surface area contributed by atoms with E-state index in [2.05, 4.69) is 33.9 Å². The van der Waals surface area contributed by atoms with Gasteiger partial charge < -0.3 is 15.5 Å². The molecule has 1 aliphatic heterocycles. The third kappa shape index (κ3) is 2.90. The predicted molar refractivity (Wildman–Crippen MR) is 74.7 cm³/mol. The molecule has 5 nitrogen and oxygen atoms in total. The van der Waals surface area contributed by atoms with Crippen LogP contribution in [-0.4, -0.2) is 48.1 Å². The zero-order valence-electron chi connectivity index (χ0n) is 11.6. The van der Waals surface area contributed by atoms with E-state index in [1.807, 2.05) is 13.0 Å². The Kier molecular flexibility index (Phi) is 4.01. The monoisotopic (exact) mass is 249 g/mol. The van der Waals surface area contributed by atoms with E-state index in [0.717, 1.165) is 31.2 Å². The van der Waals surface area contributed by atoms with E-state index in [9.17, 15) is 0 Å². The first kappa shape index (κ1) is 13.1. The molecular formula is C13H23N5. The Hall–Kier alpha value is -1.36. The molecule has 1 saturated heterocycles. The number of nitrogens with two attached hydrogens (primary N) is 1. The molecule has 2 heterocycles. The lowest BCUT2D eigenvalue weighted by Crippen LogP contribution is -2.42. The second-order valence-electron chi connectivity index (χ2n) is 5.07. The van der Waals surface area contributed by atoms with E-state index >= 15 is 0 Å². The number of aryl methyl sites for hydroxylation is 1. The summed E-state index contributed by atoms with van der Waals surface area (Å²) in [6.07, 6.45) is 3.18. The van der Waals surface area contributed by atoms with Gasteiger partial charge in [0.15, 0.2) is 0 Å². The van der Waals surface area contributed by atoms with Crippen molar-refractivity contribution in [2.24, 2.45) is 0 Å². The molecule has 1 aromatic rings. The van der Waals surface area contributed by atoms with Crippen LogP contribution in [0.4, 0.5) is 11.6 Å². The lowest BCUT2D eigenvalue weighted by molar-refractivity contribution is 0.252. The summed E-state index contributed by atoms with van der Waals surface area (Å²) in [4.78, 5) is 13.4. The van der Waals surface area contributed by atoms with Crippen LogP contribution in [0.15, 0.2) is 6.07 Å². The van der Waals surface area contributed by atoms with E-state index in [1.165, 1.54) is 12.8 Å². The highest BCUT2D eigenvalue weighted by Gasteiger charge is 2.21. The van der Waals surface area contributed by atoms with Gasteiger partial charge in [-0.15, -0.1) is 0 Å². The van der Waals surface area contributed by atoms with E-state index in [1.54, 1.807) is 0 Å². The standard InChI is InChI=1S/C13H23N5/c1-4-12-15-11(14)9-13(16-12)18(3)10-5-7-17(2)8-6-10/h9-10H,4-8H2,1-3H3,(H2,14,15,16). The number of piperidine rings is 1. The highest BCUT2D eigenvalue weighted by Crippen LogP contribution is 2.21. The molecule has 2 rings (SSSR count). The summed E-state index contributed by atoms with van der Waals surface area (Å²) in [5.41, 5.74) is 5.84. The van der Waals surface area contributed by atoms with Crippen LogP contribution in [0.25, 0.3) is 0 Å². The van der Waals surface area contributed by atoms with Gasteiger partial charge in [-0.3, -0.25) is 0 Å². The highest BCUT2D eigenvalue weighted by atomic mass is 15.2. The Bertz CT molecular complexity index is 398. The van der Waals surface area contributed by atoms with Crippen molar-refractivity contribution < 1.29 is 0 Å². The largest absolute Gasteiger partial charge is 0.384 e. The smallest absolute Gasteiger partial charge is 0.134 e. The van der Waals surface area contributed by atoms with Crippen molar-refractivity contribution in [2.75, 3.05) is 37.8 Å². The molecule has 0 unspecified atom stereocenters. The van der Waals surface area contributed by atoms with Crippen LogP contribution in [0.3, 0.4) is 0 Å². The molecule has 1 fully saturated rings. The minimum Gasteiger partial charge on any atom is -0.384 e. The van der Waals surface area contributed by atoms with Crippen LogP contribution < -0.4 is 10.6 Å². The van der Waals surface area contributed by atoms with Crippen molar-refractivity contribution >= 4 is 11.6 Å². The number of nitrogens with zero attached hydrogens (tertiary/aromatic N) is 4. The molecule has 0 amide bonds. The molecule has 0 spiro atoms. The molecule has 0 aromatic carbocycles. The van der Waals surface area contributed by atoms with Crippen LogP contribution in [0.5, 0.6) is 0 Å². The number of likely N-dealkylation sites (tertiary alicyclic amines) is 1. The van der Waals surface area contributed by atoms with Crippen molar-refractivity contribution in [1.82, 2.24) is 14.9 Å². The Labute approximate surface area is 109 Å². The van der Waals surface area contributed by atoms with E-state index < -0.39 is 0 Å². The average Bonchev–Trinajstić information content (AvgIpc) is 2.38. The summed E-state index contributed by atoms with van der Waals surface area (Å²) in [5.74, 6) is 2.34. The van der Waals surface area contributed by atoms with Gasteiger partial charge in [-0.1, -0.05) is 6.92 Å². The van der Waals surface area contributed by atoms with Crippen molar-refractivity contribution in [2.45, 2.75) is 32.2 Å². The fraction of sp³-hybridized carbons (Fsp3) is 0.692. The lowest BCUT2D eigenvalue weighted by Gasteiger charge is -2.35. The lowest BCUT2D eigenvalue weighted by atomic mass is 10.0. The predicted octanol–water partition coefficient (Wildman–Crippen LogP) is 1.15. The van der Waals surface area contributed by atoms with Crippen LogP contribution in [0, 0.1) is 0 Å². The molecular weight excluding hydrogens is 226 g/mol. The summed E-state index contributed by atoms with van der Waals surface area (Å²) in [7, 11) is 4.28. The van der Waals surface area contributed by atoms with Gasteiger partial charge in [0.1, 0.15) is 17.5 Å². The number of hydrogen-bond acceptors (Lipinski definition) is 5. The maximum Gasteiger partial charge on any atom is 0.134 e. The number of hydrogen-bond donors (Lipinski definition) is 1. The molecule has 18 heavy (non-hydrogen) atoms. The van der Waals surface area contributed by atoms with Gasteiger partial charge in [0.2, 0.25) is 0 Å². The first-order valence-electron chi connectivity index (χ1n) is 6.65. The van der Waals surface area contributed by atoms with Crippen molar-refractivity contribution in [1.29, 1.82) is 0 Å². The molecule has 5 heteroatoms. The van der Waals surface area contributed by atoms with Gasteiger partial charge in [0.25, 0.3) is 0 Å². The molecule has 0 bridgehead atoms. The Morgan fingerprint density at radius 2 is 2.06 bits per heavy atom. The summed E-state index contributed by atoms with van der Waals surface area (Å²) in [5, 5.41) is 0. The summed E-state index contributed by atoms with van der Waals surface area (Å²) >= 11 is 0. The second-order valence-corrected chi connectivity index (χ2v) is 5.07. The van der Waals surface area contributed by atoms with Crippen LogP contribution in [-0.2, 0) is 6.42 Å². The molecule has 0 saturated carbocycles. The first-order valence-corrected chi connectivity index (χ1v) is 6.65. The van der Waals surface area contributed by atoms with E-state index in [0.29, 0.717) is 11.9 Å². The Morgan fingerprint density at radius 3 is 2.67 bits per heavy atom. The number of rotatable bonds is 3. The van der Waals surface area contributed by atoms with Gasteiger partial charge in [0, 0.05) is 25.6 Å². The minimum absolute atomic E-state index is 0.556. The SMILES string of the molecule is CCc1nc(N)cc(N(C)C2CCN(C)CC2)n1. The zero-order valence-corrected chi connectivity index (χ0v) is 11.6. The van der Waals surface area contributed by atoms with E-state index in [4.69, 9.17) is 5.73 Å². The number of nitrogen functional groups attached to an aromatic ring is 1. The first-order chi connectivity index (χ1) is 8.60. The third-order valence-corrected chi connectivity index (χ3v) is 3.69. The molecule has 1 aromatic heterocycles. The van der Waals surface area contributed by atoms with Gasteiger partial charge in [-0.2, -0.15) is 0 Å². The summed E-state index contributed by atoms with van der Waals surface area (Å²) in [6, 6.07) is 2.43. The number of aromatic nitrogens is 2. The van der Waals surface area contributed by atoms with Gasteiger partial charge in [0.05, 0.1) is 0 Å². The summed E-state index contributed by atoms with van der Waals surface area (Å²) in [6.45, 7) is 4.35. The van der Waals surface area contributed by atoms with Gasteiger partial charge in [-0.05, 0) is 33.0 Å². The highest BCUT2D eigenvalue weighted by molar-refractivity contribution is 5.47. The molecule has 0 atom stereocenters. The maximum atomic E-state index is 5.84. The summed E-state index contributed by atoms with van der Waals surface area (Å²) < 4.78 is 0. The molecule has 0 aliphatic carbocycles. The zero-order chi connectivity index (χ0) is 13.1. The maximum absolute atomic E-state index is 5.84. The van der Waals surface area contributed by atoms with Crippen LogP contribution in [0.2, 0.25) is 0 Å².